The molecule has 1 aliphatic rings. The normalized spacial score (nSPS) is 14.6. The average molecular weight is 287 g/mol. The van der Waals surface area contributed by atoms with Gasteiger partial charge in [0.15, 0.2) is 0 Å². The number of nitrogens with zero attached hydrogens (tertiary/aromatic N) is 1. The first-order valence-corrected chi connectivity index (χ1v) is 7.29. The standard InChI is InChI=1S/C16H21N3O2/c1-12(14-7-8-14)18-19-16(21)10-9-15(20)17-11-13-5-3-2-4-6-13/h2-6,14H,7-11H2,1H3,(H,17,20)(H,19,21)/b18-12+. The summed E-state index contributed by atoms with van der Waals surface area (Å²) in [5.74, 6) is 0.196. The molecule has 0 radical (unpaired) electrons. The van der Waals surface area contributed by atoms with Crippen LogP contribution in [0.2, 0.25) is 0 Å². The van der Waals surface area contributed by atoms with Gasteiger partial charge >= 0.3 is 0 Å². The molecular weight excluding hydrogens is 266 g/mol. The van der Waals surface area contributed by atoms with Crippen LogP contribution in [0.1, 0.15) is 38.2 Å². The molecule has 0 atom stereocenters. The first-order chi connectivity index (χ1) is 10.1. The van der Waals surface area contributed by atoms with Gasteiger partial charge in [-0.2, -0.15) is 5.10 Å². The van der Waals surface area contributed by atoms with Crippen LogP contribution in [0.15, 0.2) is 35.4 Å². The Hall–Kier alpha value is -2.17. The molecule has 0 aliphatic heterocycles. The Morgan fingerprint density at radius 1 is 1.14 bits per heavy atom. The molecule has 1 aromatic rings. The Balaban J connectivity index is 1.62. The number of carbonyl (C=O) groups excluding carboxylic acids is 2. The molecule has 2 amide bonds. The third kappa shape index (κ3) is 5.77. The van der Waals surface area contributed by atoms with Crippen molar-refractivity contribution in [3.63, 3.8) is 0 Å². The van der Waals surface area contributed by atoms with Crippen LogP contribution < -0.4 is 10.7 Å². The Kier molecular flexibility index (Phi) is 5.49. The lowest BCUT2D eigenvalue weighted by Gasteiger charge is -2.05. The minimum absolute atomic E-state index is 0.128. The molecule has 5 heteroatoms. The van der Waals surface area contributed by atoms with Crippen LogP contribution in [0.5, 0.6) is 0 Å². The van der Waals surface area contributed by atoms with Gasteiger partial charge in [0.05, 0.1) is 0 Å². The van der Waals surface area contributed by atoms with Crippen molar-refractivity contribution in [3.8, 4) is 0 Å². The quantitative estimate of drug-likeness (QED) is 0.594. The molecule has 112 valence electrons. The predicted octanol–water partition coefficient (Wildman–Crippen LogP) is 1.99. The first kappa shape index (κ1) is 15.2. The van der Waals surface area contributed by atoms with Gasteiger partial charge in [0, 0.05) is 25.1 Å². The summed E-state index contributed by atoms with van der Waals surface area (Å²) < 4.78 is 0. The summed E-state index contributed by atoms with van der Waals surface area (Å²) in [5.41, 5.74) is 4.51. The number of benzene rings is 1. The van der Waals surface area contributed by atoms with Crippen LogP contribution in [0.3, 0.4) is 0 Å². The first-order valence-electron chi connectivity index (χ1n) is 7.29. The molecule has 5 nitrogen and oxygen atoms in total. The highest BCUT2D eigenvalue weighted by atomic mass is 16.2. The van der Waals surface area contributed by atoms with Crippen molar-refractivity contribution in [3.05, 3.63) is 35.9 Å². The number of nitrogens with one attached hydrogen (secondary N) is 2. The van der Waals surface area contributed by atoms with Crippen LogP contribution in [0.25, 0.3) is 0 Å². The van der Waals surface area contributed by atoms with Crippen molar-refractivity contribution in [1.29, 1.82) is 0 Å². The summed E-state index contributed by atoms with van der Waals surface area (Å²) in [6, 6.07) is 9.68. The van der Waals surface area contributed by atoms with Crippen LogP contribution in [-0.2, 0) is 16.1 Å². The Bertz CT molecular complexity index is 522. The molecule has 1 aromatic carbocycles. The smallest absolute Gasteiger partial charge is 0.240 e. The van der Waals surface area contributed by atoms with Crippen LogP contribution >= 0.6 is 0 Å². The van der Waals surface area contributed by atoms with E-state index in [1.54, 1.807) is 0 Å². The molecule has 1 saturated carbocycles. The number of amides is 2. The molecular formula is C16H21N3O2. The number of rotatable bonds is 7. The summed E-state index contributed by atoms with van der Waals surface area (Å²) in [4.78, 5) is 23.2. The van der Waals surface area contributed by atoms with E-state index in [1.807, 2.05) is 37.3 Å². The lowest BCUT2D eigenvalue weighted by Crippen LogP contribution is -2.26. The maximum Gasteiger partial charge on any atom is 0.240 e. The van der Waals surface area contributed by atoms with Crippen LogP contribution in [0.4, 0.5) is 0 Å². The van der Waals surface area contributed by atoms with Gasteiger partial charge < -0.3 is 5.32 Å². The molecule has 0 unspecified atom stereocenters. The highest BCUT2D eigenvalue weighted by Gasteiger charge is 2.24. The molecule has 1 aliphatic carbocycles. The zero-order valence-corrected chi connectivity index (χ0v) is 12.3. The van der Waals surface area contributed by atoms with Gasteiger partial charge in [-0.25, -0.2) is 5.43 Å². The SMILES string of the molecule is C/C(=N\NC(=O)CCC(=O)NCc1ccccc1)C1CC1. The fourth-order valence-corrected chi connectivity index (χ4v) is 1.91. The number of hydrazone groups is 1. The fourth-order valence-electron chi connectivity index (χ4n) is 1.91. The summed E-state index contributed by atoms with van der Waals surface area (Å²) in [5, 5.41) is 6.84. The molecule has 0 spiro atoms. The Morgan fingerprint density at radius 3 is 2.48 bits per heavy atom. The summed E-state index contributed by atoms with van der Waals surface area (Å²) in [6.07, 6.45) is 2.65. The zero-order chi connectivity index (χ0) is 15.1. The topological polar surface area (TPSA) is 70.6 Å². The van der Waals surface area contributed by atoms with Crippen LogP contribution in [0, 0.1) is 5.92 Å². The van der Waals surface area contributed by atoms with Gasteiger partial charge in [-0.3, -0.25) is 9.59 Å². The van der Waals surface area contributed by atoms with Gasteiger partial charge in [0.1, 0.15) is 0 Å². The minimum atomic E-state index is -0.218. The van der Waals surface area contributed by atoms with E-state index >= 15 is 0 Å². The summed E-state index contributed by atoms with van der Waals surface area (Å²) in [7, 11) is 0. The minimum Gasteiger partial charge on any atom is -0.352 e. The van der Waals surface area contributed by atoms with E-state index < -0.39 is 0 Å². The second-order valence-corrected chi connectivity index (χ2v) is 5.32. The van der Waals surface area contributed by atoms with E-state index in [1.165, 1.54) is 0 Å². The number of hydrogen-bond donors (Lipinski definition) is 2. The second kappa shape index (κ2) is 7.57. The van der Waals surface area contributed by atoms with Crippen molar-refractivity contribution in [1.82, 2.24) is 10.7 Å². The largest absolute Gasteiger partial charge is 0.352 e. The van der Waals surface area contributed by atoms with E-state index in [0.29, 0.717) is 12.5 Å². The lowest BCUT2D eigenvalue weighted by molar-refractivity contribution is -0.126. The molecule has 2 N–H and O–H groups in total. The summed E-state index contributed by atoms with van der Waals surface area (Å²) in [6.45, 7) is 2.41. The molecule has 21 heavy (non-hydrogen) atoms. The van der Waals surface area contributed by atoms with Gasteiger partial charge in [0.25, 0.3) is 0 Å². The highest BCUT2D eigenvalue weighted by molar-refractivity contribution is 5.88. The average Bonchev–Trinajstić information content (AvgIpc) is 3.34. The predicted molar refractivity (Wildman–Crippen MR) is 81.5 cm³/mol. The summed E-state index contributed by atoms with van der Waals surface area (Å²) >= 11 is 0. The van der Waals surface area contributed by atoms with Gasteiger partial charge in [0.2, 0.25) is 11.8 Å². The van der Waals surface area contributed by atoms with E-state index in [4.69, 9.17) is 0 Å². The third-order valence-corrected chi connectivity index (χ3v) is 3.44. The van der Waals surface area contributed by atoms with E-state index in [9.17, 15) is 9.59 Å². The number of carbonyl (C=O) groups is 2. The number of hydrogen-bond acceptors (Lipinski definition) is 3. The Labute approximate surface area is 124 Å². The van der Waals surface area contributed by atoms with Gasteiger partial charge in [-0.05, 0) is 31.2 Å². The third-order valence-electron chi connectivity index (χ3n) is 3.44. The lowest BCUT2D eigenvalue weighted by atomic mass is 10.2. The van der Waals surface area contributed by atoms with Crippen molar-refractivity contribution in [2.24, 2.45) is 11.0 Å². The second-order valence-electron chi connectivity index (χ2n) is 5.32. The van der Waals surface area contributed by atoms with Crippen molar-refractivity contribution in [2.45, 2.75) is 39.2 Å². The molecule has 1 fully saturated rings. The monoisotopic (exact) mass is 287 g/mol. The van der Waals surface area contributed by atoms with Gasteiger partial charge in [-0.1, -0.05) is 30.3 Å². The highest BCUT2D eigenvalue weighted by Crippen LogP contribution is 2.30. The van der Waals surface area contributed by atoms with E-state index in [0.717, 1.165) is 24.1 Å². The fraction of sp³-hybridized carbons (Fsp3) is 0.438. The zero-order valence-electron chi connectivity index (χ0n) is 12.3. The van der Waals surface area contributed by atoms with Crippen molar-refractivity contribution < 1.29 is 9.59 Å². The van der Waals surface area contributed by atoms with Crippen molar-refractivity contribution in [2.75, 3.05) is 0 Å². The maximum atomic E-state index is 11.7. The molecule has 0 aromatic heterocycles. The maximum absolute atomic E-state index is 11.7. The van der Waals surface area contributed by atoms with E-state index in [2.05, 4.69) is 15.8 Å². The van der Waals surface area contributed by atoms with Crippen LogP contribution in [-0.4, -0.2) is 17.5 Å². The molecule has 2 rings (SSSR count). The molecule has 0 heterocycles. The van der Waals surface area contributed by atoms with Crippen molar-refractivity contribution >= 4 is 17.5 Å². The molecule has 0 bridgehead atoms. The van der Waals surface area contributed by atoms with E-state index in [-0.39, 0.29) is 24.7 Å². The van der Waals surface area contributed by atoms with Gasteiger partial charge in [-0.15, -0.1) is 0 Å². The molecule has 0 saturated heterocycles. The Morgan fingerprint density at radius 2 is 1.81 bits per heavy atom.